The molecule has 2 heterocycles. The lowest BCUT2D eigenvalue weighted by atomic mass is 9.91. The van der Waals surface area contributed by atoms with E-state index in [4.69, 9.17) is 9.97 Å². The third kappa shape index (κ3) is 4.08. The minimum absolute atomic E-state index is 0.349. The van der Waals surface area contributed by atoms with Crippen LogP contribution in [0.5, 0.6) is 0 Å². The minimum atomic E-state index is -0.796. The van der Waals surface area contributed by atoms with Crippen LogP contribution in [0.3, 0.4) is 0 Å². The average molecular weight is 367 g/mol. The van der Waals surface area contributed by atoms with Crippen LogP contribution in [-0.2, 0) is 18.6 Å². The molecule has 1 saturated carbocycles. The predicted molar refractivity (Wildman–Crippen MR) is 109 cm³/mol. The fraction of sp³-hybridized carbons (Fsp3) is 0.545. The van der Waals surface area contributed by atoms with Gasteiger partial charge in [0.25, 0.3) is 0 Å². The number of rotatable bonds is 5. The molecular weight excluding hydrogens is 336 g/mol. The zero-order chi connectivity index (χ0) is 19.2. The van der Waals surface area contributed by atoms with E-state index >= 15 is 0 Å². The summed E-state index contributed by atoms with van der Waals surface area (Å²) in [5.74, 6) is 3.47. The Bertz CT molecular complexity index is 837. The van der Waals surface area contributed by atoms with E-state index < -0.39 is 5.60 Å². The summed E-state index contributed by atoms with van der Waals surface area (Å²) in [6.07, 6.45) is 3.37. The molecule has 2 aliphatic rings. The Kier molecular flexibility index (Phi) is 4.58. The van der Waals surface area contributed by atoms with Crippen LogP contribution in [0.25, 0.3) is 0 Å². The van der Waals surface area contributed by atoms with Crippen molar-refractivity contribution in [1.29, 1.82) is 0 Å². The summed E-state index contributed by atoms with van der Waals surface area (Å²) in [5.41, 5.74) is 2.84. The van der Waals surface area contributed by atoms with Crippen LogP contribution in [-0.4, -0.2) is 27.7 Å². The monoisotopic (exact) mass is 366 g/mol. The zero-order valence-corrected chi connectivity index (χ0v) is 16.8. The summed E-state index contributed by atoms with van der Waals surface area (Å²) in [5, 5.41) is 13.7. The normalized spacial score (nSPS) is 17.2. The number of benzene rings is 1. The van der Waals surface area contributed by atoms with Crippen molar-refractivity contribution in [2.45, 2.75) is 71.1 Å². The Labute approximate surface area is 161 Å². The fourth-order valence-corrected chi connectivity index (χ4v) is 3.64. The molecule has 27 heavy (non-hydrogen) atoms. The van der Waals surface area contributed by atoms with Crippen molar-refractivity contribution in [3.8, 4) is 0 Å². The van der Waals surface area contributed by atoms with Gasteiger partial charge in [0.2, 0.25) is 0 Å². The molecule has 0 bridgehead atoms. The molecule has 0 amide bonds. The van der Waals surface area contributed by atoms with Gasteiger partial charge in [0.15, 0.2) is 0 Å². The highest BCUT2D eigenvalue weighted by Gasteiger charge is 2.29. The topological polar surface area (TPSA) is 61.3 Å². The number of fused-ring (bicyclic) bond motifs is 1. The van der Waals surface area contributed by atoms with Crippen molar-refractivity contribution in [2.75, 3.05) is 16.8 Å². The first-order valence-corrected chi connectivity index (χ1v) is 10.0. The molecule has 1 aliphatic carbocycles. The first-order valence-electron chi connectivity index (χ1n) is 10.0. The first kappa shape index (κ1) is 18.2. The smallest absolute Gasteiger partial charge is 0.136 e. The van der Waals surface area contributed by atoms with Gasteiger partial charge in [-0.2, -0.15) is 0 Å². The number of aliphatic hydroxyl groups is 1. The van der Waals surface area contributed by atoms with Gasteiger partial charge in [0.1, 0.15) is 17.5 Å². The second-order valence-corrected chi connectivity index (χ2v) is 8.76. The van der Waals surface area contributed by atoms with Gasteiger partial charge in [0, 0.05) is 31.1 Å². The molecular formula is C22H30N4O. The summed E-state index contributed by atoms with van der Waals surface area (Å²) in [7, 11) is 0. The molecule has 1 aliphatic heterocycles. The molecule has 144 valence electrons. The maximum Gasteiger partial charge on any atom is 0.136 e. The summed E-state index contributed by atoms with van der Waals surface area (Å²) in [6.45, 7) is 9.74. The maximum atomic E-state index is 10.3. The van der Waals surface area contributed by atoms with Crippen molar-refractivity contribution in [1.82, 2.24) is 9.97 Å². The van der Waals surface area contributed by atoms with Gasteiger partial charge in [-0.05, 0) is 63.6 Å². The third-order valence-electron chi connectivity index (χ3n) is 5.36. The van der Waals surface area contributed by atoms with Gasteiger partial charge in [-0.1, -0.05) is 18.2 Å². The van der Waals surface area contributed by atoms with Gasteiger partial charge in [-0.25, -0.2) is 9.97 Å². The molecule has 0 unspecified atom stereocenters. The zero-order valence-electron chi connectivity index (χ0n) is 16.8. The Morgan fingerprint density at radius 1 is 1.15 bits per heavy atom. The van der Waals surface area contributed by atoms with E-state index in [0.29, 0.717) is 12.0 Å². The Balaban J connectivity index is 1.60. The molecule has 4 rings (SSSR count). The molecule has 0 radical (unpaired) electrons. The number of anilines is 2. The summed E-state index contributed by atoms with van der Waals surface area (Å²) >= 11 is 0. The van der Waals surface area contributed by atoms with E-state index in [-0.39, 0.29) is 0 Å². The second-order valence-electron chi connectivity index (χ2n) is 8.76. The summed E-state index contributed by atoms with van der Waals surface area (Å²) < 4.78 is 0. The van der Waals surface area contributed by atoms with E-state index in [1.165, 1.54) is 24.0 Å². The molecule has 2 N–H and O–H groups in total. The van der Waals surface area contributed by atoms with Crippen LogP contribution >= 0.6 is 0 Å². The highest BCUT2D eigenvalue weighted by Crippen LogP contribution is 2.39. The van der Waals surface area contributed by atoms with E-state index in [2.05, 4.69) is 42.3 Å². The number of nitrogens with one attached hydrogen (secondary N) is 1. The Morgan fingerprint density at radius 2 is 1.93 bits per heavy atom. The van der Waals surface area contributed by atoms with Crippen molar-refractivity contribution >= 4 is 11.6 Å². The quantitative estimate of drug-likeness (QED) is 0.839. The van der Waals surface area contributed by atoms with Gasteiger partial charge in [-0.15, -0.1) is 0 Å². The lowest BCUT2D eigenvalue weighted by Gasteiger charge is -2.31. The highest BCUT2D eigenvalue weighted by molar-refractivity contribution is 5.52. The molecule has 1 fully saturated rings. The SMILES string of the molecule is CC(C)Nc1cc(N2CCc3cc(C(C)(C)O)ccc3C2)nc(C2CC2)n1. The molecule has 5 heteroatoms. The van der Waals surface area contributed by atoms with Crippen LogP contribution in [0, 0.1) is 0 Å². The molecule has 5 nitrogen and oxygen atoms in total. The lowest BCUT2D eigenvalue weighted by Crippen LogP contribution is -2.32. The van der Waals surface area contributed by atoms with E-state index in [0.717, 1.165) is 42.5 Å². The van der Waals surface area contributed by atoms with Gasteiger partial charge in [-0.3, -0.25) is 0 Å². The van der Waals surface area contributed by atoms with Crippen LogP contribution < -0.4 is 10.2 Å². The van der Waals surface area contributed by atoms with Crippen molar-refractivity contribution < 1.29 is 5.11 Å². The predicted octanol–water partition coefficient (Wildman–Crippen LogP) is 3.96. The fourth-order valence-electron chi connectivity index (χ4n) is 3.64. The molecule has 2 aromatic rings. The van der Waals surface area contributed by atoms with Gasteiger partial charge >= 0.3 is 0 Å². The molecule has 0 saturated heterocycles. The van der Waals surface area contributed by atoms with E-state index in [1.54, 1.807) is 0 Å². The van der Waals surface area contributed by atoms with Crippen LogP contribution in [0.4, 0.5) is 11.6 Å². The van der Waals surface area contributed by atoms with Gasteiger partial charge < -0.3 is 15.3 Å². The standard InChI is InChI=1S/C22H30N4O/c1-14(2)23-19-12-20(25-21(24-19)15-5-6-15)26-10-9-16-11-18(22(3,4)27)8-7-17(16)13-26/h7-8,11-12,14-15,27H,5-6,9-10,13H2,1-4H3,(H,23,24,25). The van der Waals surface area contributed by atoms with Crippen molar-refractivity contribution in [2.24, 2.45) is 0 Å². The average Bonchev–Trinajstić information content (AvgIpc) is 3.44. The molecule has 1 aromatic heterocycles. The maximum absolute atomic E-state index is 10.3. The van der Waals surface area contributed by atoms with Crippen LogP contribution in [0.1, 0.15) is 69.0 Å². The van der Waals surface area contributed by atoms with E-state index in [9.17, 15) is 5.11 Å². The van der Waals surface area contributed by atoms with Crippen LogP contribution in [0.2, 0.25) is 0 Å². The van der Waals surface area contributed by atoms with Gasteiger partial charge in [0.05, 0.1) is 5.60 Å². The Hall–Kier alpha value is -2.14. The lowest BCUT2D eigenvalue weighted by molar-refractivity contribution is 0.0785. The highest BCUT2D eigenvalue weighted by atomic mass is 16.3. The molecule has 0 atom stereocenters. The van der Waals surface area contributed by atoms with Crippen LogP contribution in [0.15, 0.2) is 24.3 Å². The first-order chi connectivity index (χ1) is 12.8. The Morgan fingerprint density at radius 3 is 2.59 bits per heavy atom. The second kappa shape index (κ2) is 6.79. The van der Waals surface area contributed by atoms with E-state index in [1.807, 2.05) is 19.9 Å². The largest absolute Gasteiger partial charge is 0.386 e. The van der Waals surface area contributed by atoms with Crippen molar-refractivity contribution in [3.05, 3.63) is 46.8 Å². The third-order valence-corrected chi connectivity index (χ3v) is 5.36. The molecule has 1 aromatic carbocycles. The number of aromatic nitrogens is 2. The number of nitrogens with zero attached hydrogens (tertiary/aromatic N) is 3. The summed E-state index contributed by atoms with van der Waals surface area (Å²) in [6, 6.07) is 8.80. The van der Waals surface area contributed by atoms with Crippen molar-refractivity contribution in [3.63, 3.8) is 0 Å². The summed E-state index contributed by atoms with van der Waals surface area (Å²) in [4.78, 5) is 12.0. The number of hydrogen-bond acceptors (Lipinski definition) is 5. The number of hydrogen-bond donors (Lipinski definition) is 2. The molecule has 0 spiro atoms. The minimum Gasteiger partial charge on any atom is -0.386 e.